The van der Waals surface area contributed by atoms with Crippen molar-refractivity contribution in [3.05, 3.63) is 30.2 Å². The lowest BCUT2D eigenvalue weighted by atomic mass is 9.95. The van der Waals surface area contributed by atoms with Crippen molar-refractivity contribution in [1.29, 1.82) is 0 Å². The molecular weight excluding hydrogens is 350 g/mol. The van der Waals surface area contributed by atoms with E-state index in [1.54, 1.807) is 18.7 Å². The van der Waals surface area contributed by atoms with Gasteiger partial charge in [0.05, 0.1) is 6.04 Å². The third kappa shape index (κ3) is 4.97. The van der Waals surface area contributed by atoms with Gasteiger partial charge in [-0.15, -0.1) is 10.2 Å². The minimum atomic E-state index is -0.627. The minimum absolute atomic E-state index is 0.159. The Balaban J connectivity index is 2.15. The Kier molecular flexibility index (Phi) is 6.63. The molecule has 2 unspecified atom stereocenters. The lowest BCUT2D eigenvalue weighted by Gasteiger charge is -2.23. The van der Waals surface area contributed by atoms with Gasteiger partial charge < -0.3 is 10.6 Å². The number of rotatable bonds is 7. The standard InChI is InChI=1S/C18H27N5O2S/c1-12(19-17(25)18(2,3)4)16(24)20-13(9-11-26-5)15-22-21-14-8-6-7-10-23(14)15/h6-8,10,12-13H,9,11H2,1-5H3,(H,19,25)(H,20,24). The van der Waals surface area contributed by atoms with Crippen molar-refractivity contribution >= 4 is 29.2 Å². The molecule has 142 valence electrons. The molecule has 0 aromatic carbocycles. The van der Waals surface area contributed by atoms with Crippen LogP contribution in [0.4, 0.5) is 0 Å². The molecule has 2 rings (SSSR count). The predicted octanol–water partition coefficient (Wildman–Crippen LogP) is 2.19. The third-order valence-corrected chi connectivity index (χ3v) is 4.64. The van der Waals surface area contributed by atoms with E-state index < -0.39 is 11.5 Å². The molecule has 0 spiro atoms. The van der Waals surface area contributed by atoms with Gasteiger partial charge in [-0.05, 0) is 37.5 Å². The summed E-state index contributed by atoms with van der Waals surface area (Å²) >= 11 is 1.70. The summed E-state index contributed by atoms with van der Waals surface area (Å²) in [5.74, 6) is 1.17. The largest absolute Gasteiger partial charge is 0.344 e. The molecular formula is C18H27N5O2S. The number of hydrogen-bond donors (Lipinski definition) is 2. The fraction of sp³-hybridized carbons (Fsp3) is 0.556. The molecule has 2 atom stereocenters. The molecule has 2 aromatic heterocycles. The number of hydrogen-bond acceptors (Lipinski definition) is 5. The zero-order chi connectivity index (χ0) is 19.3. The molecule has 0 aliphatic heterocycles. The molecule has 0 saturated carbocycles. The van der Waals surface area contributed by atoms with E-state index in [-0.39, 0.29) is 17.9 Å². The van der Waals surface area contributed by atoms with Gasteiger partial charge in [-0.25, -0.2) is 0 Å². The van der Waals surface area contributed by atoms with E-state index in [0.717, 1.165) is 17.8 Å². The number of amides is 2. The van der Waals surface area contributed by atoms with Crippen molar-refractivity contribution in [3.8, 4) is 0 Å². The lowest BCUT2D eigenvalue weighted by Crippen LogP contribution is -2.49. The average molecular weight is 378 g/mol. The van der Waals surface area contributed by atoms with Crippen LogP contribution in [0.2, 0.25) is 0 Å². The Labute approximate surface area is 158 Å². The number of pyridine rings is 1. The summed E-state index contributed by atoms with van der Waals surface area (Å²) in [6, 6.07) is 4.77. The molecule has 0 aliphatic carbocycles. The van der Waals surface area contributed by atoms with Gasteiger partial charge in [-0.3, -0.25) is 14.0 Å². The summed E-state index contributed by atoms with van der Waals surface area (Å²) in [5, 5.41) is 14.2. The van der Waals surface area contributed by atoms with E-state index in [1.807, 2.05) is 55.8 Å². The Morgan fingerprint density at radius 3 is 2.62 bits per heavy atom. The van der Waals surface area contributed by atoms with Crippen molar-refractivity contribution in [2.24, 2.45) is 5.41 Å². The zero-order valence-corrected chi connectivity index (χ0v) is 16.8. The highest BCUT2D eigenvalue weighted by molar-refractivity contribution is 7.98. The molecule has 2 aromatic rings. The van der Waals surface area contributed by atoms with Crippen LogP contribution in [0.5, 0.6) is 0 Å². The van der Waals surface area contributed by atoms with E-state index in [4.69, 9.17) is 0 Å². The first kappa shape index (κ1) is 20.2. The number of thioether (sulfide) groups is 1. The maximum absolute atomic E-state index is 12.6. The second kappa shape index (κ2) is 8.53. The van der Waals surface area contributed by atoms with Crippen LogP contribution < -0.4 is 10.6 Å². The highest BCUT2D eigenvalue weighted by atomic mass is 32.2. The van der Waals surface area contributed by atoms with Crippen molar-refractivity contribution in [3.63, 3.8) is 0 Å². The van der Waals surface area contributed by atoms with Crippen LogP contribution in [0, 0.1) is 5.41 Å². The quantitative estimate of drug-likeness (QED) is 0.772. The first-order valence-electron chi connectivity index (χ1n) is 8.64. The highest BCUT2D eigenvalue weighted by Gasteiger charge is 2.27. The Morgan fingerprint density at radius 1 is 1.23 bits per heavy atom. The molecule has 0 fully saturated rings. The monoisotopic (exact) mass is 377 g/mol. The first-order chi connectivity index (χ1) is 12.2. The van der Waals surface area contributed by atoms with Gasteiger partial charge >= 0.3 is 0 Å². The maximum atomic E-state index is 12.6. The van der Waals surface area contributed by atoms with Crippen LogP contribution in [0.1, 0.15) is 46.0 Å². The Bertz CT molecular complexity index is 768. The molecule has 0 bridgehead atoms. The normalized spacial score (nSPS) is 14.0. The topological polar surface area (TPSA) is 88.4 Å². The van der Waals surface area contributed by atoms with Crippen LogP contribution in [0.25, 0.3) is 5.65 Å². The predicted molar refractivity (Wildman–Crippen MR) is 104 cm³/mol. The van der Waals surface area contributed by atoms with Gasteiger partial charge in [0.15, 0.2) is 11.5 Å². The van der Waals surface area contributed by atoms with Gasteiger partial charge in [0.2, 0.25) is 11.8 Å². The molecule has 2 amide bonds. The second-order valence-corrected chi connectivity index (χ2v) is 8.26. The van der Waals surface area contributed by atoms with Gasteiger partial charge in [-0.1, -0.05) is 26.8 Å². The minimum Gasteiger partial charge on any atom is -0.344 e. The smallest absolute Gasteiger partial charge is 0.242 e. The zero-order valence-electron chi connectivity index (χ0n) is 15.9. The Morgan fingerprint density at radius 2 is 1.96 bits per heavy atom. The summed E-state index contributed by atoms with van der Waals surface area (Å²) in [6.07, 6.45) is 4.63. The maximum Gasteiger partial charge on any atom is 0.242 e. The van der Waals surface area contributed by atoms with Crippen LogP contribution in [-0.2, 0) is 9.59 Å². The SMILES string of the molecule is CSCCC(NC(=O)C(C)NC(=O)C(C)(C)C)c1nnc2ccccn12. The second-order valence-electron chi connectivity index (χ2n) is 7.27. The fourth-order valence-corrected chi connectivity index (χ4v) is 2.85. The van der Waals surface area contributed by atoms with E-state index in [0.29, 0.717) is 5.82 Å². The van der Waals surface area contributed by atoms with Gasteiger partial charge in [0.25, 0.3) is 0 Å². The van der Waals surface area contributed by atoms with Gasteiger partial charge in [0, 0.05) is 11.6 Å². The van der Waals surface area contributed by atoms with E-state index >= 15 is 0 Å². The number of fused-ring (bicyclic) bond motifs is 1. The molecule has 8 heteroatoms. The van der Waals surface area contributed by atoms with Crippen molar-refractivity contribution in [1.82, 2.24) is 25.2 Å². The molecule has 0 radical (unpaired) electrons. The van der Waals surface area contributed by atoms with Crippen LogP contribution in [0.3, 0.4) is 0 Å². The number of nitrogens with zero attached hydrogens (tertiary/aromatic N) is 3. The summed E-state index contributed by atoms with van der Waals surface area (Å²) in [5.41, 5.74) is 0.190. The van der Waals surface area contributed by atoms with Crippen LogP contribution in [0.15, 0.2) is 24.4 Å². The van der Waals surface area contributed by atoms with Crippen LogP contribution in [-0.4, -0.2) is 44.5 Å². The number of nitrogens with one attached hydrogen (secondary N) is 2. The molecule has 2 N–H and O–H groups in total. The molecule has 26 heavy (non-hydrogen) atoms. The number of carbonyl (C=O) groups is 2. The van der Waals surface area contributed by atoms with E-state index in [2.05, 4.69) is 20.8 Å². The van der Waals surface area contributed by atoms with Crippen molar-refractivity contribution in [2.75, 3.05) is 12.0 Å². The summed E-state index contributed by atoms with van der Waals surface area (Å²) < 4.78 is 1.88. The third-order valence-electron chi connectivity index (χ3n) is 4.00. The highest BCUT2D eigenvalue weighted by Crippen LogP contribution is 2.19. The molecule has 0 saturated heterocycles. The molecule has 0 aliphatic rings. The van der Waals surface area contributed by atoms with Crippen molar-refractivity contribution in [2.45, 2.75) is 46.2 Å². The van der Waals surface area contributed by atoms with Crippen LogP contribution >= 0.6 is 11.8 Å². The summed E-state index contributed by atoms with van der Waals surface area (Å²) in [4.78, 5) is 24.7. The molecule has 2 heterocycles. The fourth-order valence-electron chi connectivity index (χ4n) is 2.37. The first-order valence-corrected chi connectivity index (χ1v) is 10.0. The Hall–Kier alpha value is -2.09. The number of aromatic nitrogens is 3. The van der Waals surface area contributed by atoms with Gasteiger partial charge in [-0.2, -0.15) is 11.8 Å². The average Bonchev–Trinajstić information content (AvgIpc) is 3.01. The lowest BCUT2D eigenvalue weighted by molar-refractivity contribution is -0.133. The molecule has 7 nitrogen and oxygen atoms in total. The summed E-state index contributed by atoms with van der Waals surface area (Å²) in [6.45, 7) is 7.14. The van der Waals surface area contributed by atoms with E-state index in [1.165, 1.54) is 0 Å². The van der Waals surface area contributed by atoms with Gasteiger partial charge in [0.1, 0.15) is 6.04 Å². The van der Waals surface area contributed by atoms with E-state index in [9.17, 15) is 9.59 Å². The summed E-state index contributed by atoms with van der Waals surface area (Å²) in [7, 11) is 0. The van der Waals surface area contributed by atoms with Crippen molar-refractivity contribution < 1.29 is 9.59 Å². The number of carbonyl (C=O) groups excluding carboxylic acids is 2.